The average Bonchev–Trinajstić information content (AvgIpc) is 2.06. The van der Waals surface area contributed by atoms with Crippen LogP contribution in [0.5, 0.6) is 5.75 Å². The maximum atomic E-state index is 5.81. The van der Waals surface area contributed by atoms with Gasteiger partial charge in [-0.15, -0.1) is 0 Å². The lowest BCUT2D eigenvalue weighted by atomic mass is 9.90. The van der Waals surface area contributed by atoms with Crippen LogP contribution < -0.4 is 10.5 Å². The van der Waals surface area contributed by atoms with Crippen molar-refractivity contribution in [1.82, 2.24) is 0 Å². The lowest BCUT2D eigenvalue weighted by Crippen LogP contribution is -2.43. The fourth-order valence-electron chi connectivity index (χ4n) is 1.63. The van der Waals surface area contributed by atoms with Crippen molar-refractivity contribution in [3.63, 3.8) is 0 Å². The van der Waals surface area contributed by atoms with Gasteiger partial charge in [-0.05, 0) is 43.5 Å². The maximum absolute atomic E-state index is 5.81. The summed E-state index contributed by atoms with van der Waals surface area (Å²) in [5.41, 5.74) is 6.86. The van der Waals surface area contributed by atoms with Crippen LogP contribution in [0.4, 0.5) is 0 Å². The second-order valence-electron chi connectivity index (χ2n) is 3.88. The van der Waals surface area contributed by atoms with Crippen molar-refractivity contribution in [2.75, 3.05) is 0 Å². The minimum absolute atomic E-state index is 0.324. The highest BCUT2D eigenvalue weighted by Gasteiger charge is 2.27. The lowest BCUT2D eigenvalue weighted by molar-refractivity contribution is 0.100. The fraction of sp³-hybridized carbons (Fsp3) is 0.455. The van der Waals surface area contributed by atoms with E-state index in [-0.39, 0.29) is 0 Å². The zero-order chi connectivity index (χ0) is 10.1. The molecule has 3 heteroatoms. The van der Waals surface area contributed by atoms with Gasteiger partial charge in [0.25, 0.3) is 0 Å². The van der Waals surface area contributed by atoms with Crippen LogP contribution in [0.1, 0.15) is 18.4 Å². The van der Waals surface area contributed by atoms with Crippen molar-refractivity contribution in [2.24, 2.45) is 5.73 Å². The highest BCUT2D eigenvalue weighted by Crippen LogP contribution is 2.28. The molecule has 0 aromatic heterocycles. The Morgan fingerprint density at radius 1 is 1.43 bits per heavy atom. The highest BCUT2D eigenvalue weighted by molar-refractivity contribution is 9.10. The van der Waals surface area contributed by atoms with Crippen LogP contribution in [-0.4, -0.2) is 12.1 Å². The minimum atomic E-state index is 0.324. The Morgan fingerprint density at radius 3 is 2.71 bits per heavy atom. The third kappa shape index (κ3) is 2.10. The summed E-state index contributed by atoms with van der Waals surface area (Å²) >= 11 is 3.43. The van der Waals surface area contributed by atoms with Crippen molar-refractivity contribution >= 4 is 15.9 Å². The number of benzene rings is 1. The number of ether oxygens (including phenoxy) is 1. The molecule has 0 heterocycles. The number of rotatable bonds is 2. The largest absolute Gasteiger partial charge is 0.490 e. The van der Waals surface area contributed by atoms with Crippen LogP contribution in [0.25, 0.3) is 0 Å². The van der Waals surface area contributed by atoms with E-state index in [0.717, 1.165) is 23.1 Å². The Balaban J connectivity index is 2.02. The fourth-order valence-corrected chi connectivity index (χ4v) is 2.10. The van der Waals surface area contributed by atoms with E-state index in [0.29, 0.717) is 12.1 Å². The van der Waals surface area contributed by atoms with E-state index in [4.69, 9.17) is 10.5 Å². The highest BCUT2D eigenvalue weighted by atomic mass is 79.9. The van der Waals surface area contributed by atoms with Gasteiger partial charge in [0.1, 0.15) is 11.9 Å². The third-order valence-electron chi connectivity index (χ3n) is 2.56. The molecule has 1 fully saturated rings. The number of hydrogen-bond acceptors (Lipinski definition) is 2. The van der Waals surface area contributed by atoms with E-state index in [1.165, 1.54) is 5.56 Å². The van der Waals surface area contributed by atoms with Gasteiger partial charge in [-0.25, -0.2) is 0 Å². The lowest BCUT2D eigenvalue weighted by Gasteiger charge is -2.33. The summed E-state index contributed by atoms with van der Waals surface area (Å²) in [6.07, 6.45) is 2.29. The minimum Gasteiger partial charge on any atom is -0.490 e. The molecule has 14 heavy (non-hydrogen) atoms. The molecule has 1 aromatic rings. The topological polar surface area (TPSA) is 35.2 Å². The molecule has 0 bridgehead atoms. The summed E-state index contributed by atoms with van der Waals surface area (Å²) in [7, 11) is 0. The predicted molar refractivity (Wildman–Crippen MR) is 60.5 cm³/mol. The van der Waals surface area contributed by atoms with E-state index in [9.17, 15) is 0 Å². The van der Waals surface area contributed by atoms with Crippen LogP contribution in [-0.2, 0) is 0 Å². The smallest absolute Gasteiger partial charge is 0.122 e. The summed E-state index contributed by atoms with van der Waals surface area (Å²) in [5.74, 6) is 0.977. The van der Waals surface area contributed by atoms with E-state index in [2.05, 4.69) is 28.9 Å². The first-order valence-corrected chi connectivity index (χ1v) is 5.63. The van der Waals surface area contributed by atoms with Gasteiger partial charge in [0.15, 0.2) is 0 Å². The van der Waals surface area contributed by atoms with Gasteiger partial charge in [-0.1, -0.05) is 15.9 Å². The molecule has 0 radical (unpaired) electrons. The summed E-state index contributed by atoms with van der Waals surface area (Å²) in [6.45, 7) is 2.05. The van der Waals surface area contributed by atoms with E-state index in [1.54, 1.807) is 0 Å². The Morgan fingerprint density at radius 2 is 2.14 bits per heavy atom. The van der Waals surface area contributed by atoms with Crippen LogP contribution >= 0.6 is 15.9 Å². The number of halogens is 1. The molecule has 0 atom stereocenters. The Bertz CT molecular complexity index is 334. The third-order valence-corrected chi connectivity index (χ3v) is 3.06. The predicted octanol–water partition coefficient (Wildman–Crippen LogP) is 2.63. The molecule has 2 nitrogen and oxygen atoms in total. The van der Waals surface area contributed by atoms with Crippen molar-refractivity contribution < 1.29 is 4.74 Å². The molecule has 2 N–H and O–H groups in total. The summed E-state index contributed by atoms with van der Waals surface area (Å²) < 4.78 is 6.90. The molecule has 76 valence electrons. The normalized spacial score (nSPS) is 25.6. The molecular weight excluding hydrogens is 242 g/mol. The molecule has 0 unspecified atom stereocenters. The zero-order valence-electron chi connectivity index (χ0n) is 8.16. The van der Waals surface area contributed by atoms with Crippen molar-refractivity contribution in [3.8, 4) is 5.75 Å². The van der Waals surface area contributed by atoms with E-state index >= 15 is 0 Å². The SMILES string of the molecule is Cc1cc(Br)ccc1O[C@H]1C[C@H](N)C1. The molecule has 2 rings (SSSR count). The van der Waals surface area contributed by atoms with Gasteiger partial charge in [0.05, 0.1) is 0 Å². The van der Waals surface area contributed by atoms with Gasteiger partial charge in [-0.2, -0.15) is 0 Å². The second-order valence-corrected chi connectivity index (χ2v) is 4.80. The number of aryl methyl sites for hydroxylation is 1. The first-order valence-electron chi connectivity index (χ1n) is 4.83. The van der Waals surface area contributed by atoms with Crippen molar-refractivity contribution in [3.05, 3.63) is 28.2 Å². The zero-order valence-corrected chi connectivity index (χ0v) is 9.75. The second kappa shape index (κ2) is 3.91. The van der Waals surface area contributed by atoms with Crippen molar-refractivity contribution in [2.45, 2.75) is 31.9 Å². The molecular formula is C11H14BrNO. The Hall–Kier alpha value is -0.540. The number of nitrogens with two attached hydrogens (primary N) is 1. The van der Waals surface area contributed by atoms with Gasteiger partial charge >= 0.3 is 0 Å². The van der Waals surface area contributed by atoms with Crippen LogP contribution in [0, 0.1) is 6.92 Å². The summed E-state index contributed by atoms with van der Waals surface area (Å²) in [5, 5.41) is 0. The van der Waals surface area contributed by atoms with Gasteiger partial charge in [0, 0.05) is 10.5 Å². The standard InChI is InChI=1S/C11H14BrNO/c1-7-4-8(12)2-3-11(7)14-10-5-9(13)6-10/h2-4,9-10H,5-6,13H2,1H3/t9-,10-. The van der Waals surface area contributed by atoms with E-state index in [1.807, 2.05) is 12.1 Å². The van der Waals surface area contributed by atoms with Crippen LogP contribution in [0.2, 0.25) is 0 Å². The molecule has 0 saturated heterocycles. The Kier molecular flexibility index (Phi) is 2.79. The molecule has 1 aliphatic rings. The van der Waals surface area contributed by atoms with E-state index < -0.39 is 0 Å². The molecule has 1 aromatic carbocycles. The molecule has 0 amide bonds. The van der Waals surface area contributed by atoms with Gasteiger partial charge < -0.3 is 10.5 Å². The summed E-state index contributed by atoms with van der Waals surface area (Å²) in [4.78, 5) is 0. The molecule has 1 aliphatic carbocycles. The maximum Gasteiger partial charge on any atom is 0.122 e. The quantitative estimate of drug-likeness (QED) is 0.882. The first-order chi connectivity index (χ1) is 6.65. The monoisotopic (exact) mass is 255 g/mol. The summed E-state index contributed by atoms with van der Waals surface area (Å²) in [6, 6.07) is 6.41. The Labute approximate surface area is 92.6 Å². The molecule has 0 spiro atoms. The van der Waals surface area contributed by atoms with Gasteiger partial charge in [-0.3, -0.25) is 0 Å². The molecule has 0 aliphatic heterocycles. The van der Waals surface area contributed by atoms with Gasteiger partial charge in [0.2, 0.25) is 0 Å². The number of hydrogen-bond donors (Lipinski definition) is 1. The van der Waals surface area contributed by atoms with Crippen LogP contribution in [0.15, 0.2) is 22.7 Å². The van der Waals surface area contributed by atoms with Crippen LogP contribution in [0.3, 0.4) is 0 Å². The first kappa shape index (κ1) is 9.99. The molecule has 1 saturated carbocycles. The average molecular weight is 256 g/mol. The van der Waals surface area contributed by atoms with Crippen molar-refractivity contribution in [1.29, 1.82) is 0 Å².